The molecule has 1 heterocycles. The Hall–Kier alpha value is -1.64. The summed E-state index contributed by atoms with van der Waals surface area (Å²) in [5, 5.41) is 2.50. The Kier molecular flexibility index (Phi) is 3.83. The van der Waals surface area contributed by atoms with Crippen LogP contribution in [0.1, 0.15) is 11.3 Å². The number of rotatable bonds is 3. The molecule has 0 N–H and O–H groups in total. The zero-order chi connectivity index (χ0) is 15.0. The maximum Gasteiger partial charge on any atom is 0.139 e. The van der Waals surface area contributed by atoms with Gasteiger partial charge in [-0.25, -0.2) is 0 Å². The lowest BCUT2D eigenvalue weighted by atomic mass is 10.2. The topological polar surface area (TPSA) is 14.2 Å². The van der Waals surface area contributed by atoms with Gasteiger partial charge < -0.3 is 9.30 Å². The van der Waals surface area contributed by atoms with Crippen LogP contribution in [-0.4, -0.2) is 11.7 Å². The quantitative estimate of drug-likeness (QED) is 0.637. The highest BCUT2D eigenvalue weighted by Crippen LogP contribution is 2.32. The average Bonchev–Trinajstić information content (AvgIpc) is 2.75. The summed E-state index contributed by atoms with van der Waals surface area (Å²) in [5.41, 5.74) is 3.50. The number of aromatic nitrogens is 1. The molecule has 0 radical (unpaired) electrons. The Bertz CT molecular complexity index is 791. The molecule has 4 heteroatoms. The van der Waals surface area contributed by atoms with Crippen molar-refractivity contribution in [3.05, 3.63) is 63.8 Å². The minimum atomic E-state index is 0.633. The molecule has 2 aromatic carbocycles. The number of hydrogen-bond donors (Lipinski definition) is 0. The Morgan fingerprint density at radius 2 is 1.76 bits per heavy atom. The second kappa shape index (κ2) is 5.63. The summed E-state index contributed by atoms with van der Waals surface area (Å²) in [6.45, 7) is 2.88. The van der Waals surface area contributed by atoms with Crippen molar-refractivity contribution in [3.63, 3.8) is 0 Å². The molecule has 0 fully saturated rings. The van der Waals surface area contributed by atoms with Gasteiger partial charge in [0, 0.05) is 28.7 Å². The van der Waals surface area contributed by atoms with Gasteiger partial charge in [-0.15, -0.1) is 0 Å². The Labute approximate surface area is 133 Å². The lowest BCUT2D eigenvalue weighted by Gasteiger charge is -2.10. The molecule has 0 aliphatic carbocycles. The van der Waals surface area contributed by atoms with E-state index in [1.165, 1.54) is 11.3 Å². The van der Waals surface area contributed by atoms with Crippen LogP contribution < -0.4 is 4.74 Å². The fraction of sp³-hybridized carbons (Fsp3) is 0.176. The van der Waals surface area contributed by atoms with Crippen LogP contribution in [0.2, 0.25) is 10.0 Å². The van der Waals surface area contributed by atoms with E-state index in [-0.39, 0.29) is 0 Å². The standard InChI is InChI=1S/C17H15Cl2NO/c1-11-7-13-8-15(19)17(21-2)9-16(13)20(11)10-12-3-5-14(18)6-4-12/h3-9H,10H2,1-2H3. The number of fused-ring (bicyclic) bond motifs is 1. The van der Waals surface area contributed by atoms with Gasteiger partial charge in [0.1, 0.15) is 5.75 Å². The van der Waals surface area contributed by atoms with Crippen LogP contribution in [0.3, 0.4) is 0 Å². The molecular formula is C17H15Cl2NO. The molecule has 2 nitrogen and oxygen atoms in total. The summed E-state index contributed by atoms with van der Waals surface area (Å²) in [6.07, 6.45) is 0. The summed E-state index contributed by atoms with van der Waals surface area (Å²) in [4.78, 5) is 0. The molecule has 0 aliphatic rings. The van der Waals surface area contributed by atoms with E-state index in [0.29, 0.717) is 10.8 Å². The zero-order valence-corrected chi connectivity index (χ0v) is 13.4. The highest BCUT2D eigenvalue weighted by molar-refractivity contribution is 6.32. The summed E-state index contributed by atoms with van der Waals surface area (Å²) in [5.74, 6) is 0.694. The van der Waals surface area contributed by atoms with Crippen molar-refractivity contribution in [2.75, 3.05) is 7.11 Å². The van der Waals surface area contributed by atoms with Crippen LogP contribution in [0.25, 0.3) is 10.9 Å². The Morgan fingerprint density at radius 3 is 2.43 bits per heavy atom. The van der Waals surface area contributed by atoms with E-state index in [0.717, 1.165) is 22.5 Å². The first-order valence-corrected chi connectivity index (χ1v) is 7.42. The van der Waals surface area contributed by atoms with Crippen molar-refractivity contribution >= 4 is 34.1 Å². The Balaban J connectivity index is 2.08. The lowest BCUT2D eigenvalue weighted by Crippen LogP contribution is -2.01. The van der Waals surface area contributed by atoms with E-state index >= 15 is 0 Å². The Morgan fingerprint density at radius 1 is 1.05 bits per heavy atom. The molecule has 3 rings (SSSR count). The average molecular weight is 320 g/mol. The van der Waals surface area contributed by atoms with Crippen molar-refractivity contribution < 1.29 is 4.74 Å². The molecular weight excluding hydrogens is 305 g/mol. The maximum atomic E-state index is 6.19. The van der Waals surface area contributed by atoms with Gasteiger partial charge in [0.15, 0.2) is 0 Å². The van der Waals surface area contributed by atoms with E-state index in [9.17, 15) is 0 Å². The normalized spacial score (nSPS) is 11.0. The van der Waals surface area contributed by atoms with Gasteiger partial charge in [-0.1, -0.05) is 35.3 Å². The predicted octanol–water partition coefficient (Wildman–Crippen LogP) is 5.31. The van der Waals surface area contributed by atoms with E-state index in [1.807, 2.05) is 36.4 Å². The fourth-order valence-electron chi connectivity index (χ4n) is 2.54. The van der Waals surface area contributed by atoms with Gasteiger partial charge in [-0.05, 0) is 36.8 Å². The molecule has 0 saturated heterocycles. The van der Waals surface area contributed by atoms with Crippen LogP contribution >= 0.6 is 23.2 Å². The number of aryl methyl sites for hydroxylation is 1. The SMILES string of the molecule is COc1cc2c(cc1Cl)cc(C)n2Cc1ccc(Cl)cc1. The van der Waals surface area contributed by atoms with Crippen molar-refractivity contribution in [2.45, 2.75) is 13.5 Å². The summed E-state index contributed by atoms with van der Waals surface area (Å²) >= 11 is 12.1. The van der Waals surface area contributed by atoms with Crippen molar-refractivity contribution in [2.24, 2.45) is 0 Å². The largest absolute Gasteiger partial charge is 0.495 e. The molecule has 0 spiro atoms. The van der Waals surface area contributed by atoms with E-state index in [1.54, 1.807) is 7.11 Å². The van der Waals surface area contributed by atoms with E-state index in [4.69, 9.17) is 27.9 Å². The molecule has 1 aromatic heterocycles. The van der Waals surface area contributed by atoms with Crippen LogP contribution in [-0.2, 0) is 6.54 Å². The van der Waals surface area contributed by atoms with Gasteiger partial charge >= 0.3 is 0 Å². The molecule has 0 atom stereocenters. The lowest BCUT2D eigenvalue weighted by molar-refractivity contribution is 0.415. The highest BCUT2D eigenvalue weighted by Gasteiger charge is 2.10. The second-order valence-corrected chi connectivity index (χ2v) is 5.89. The molecule has 108 valence electrons. The zero-order valence-electron chi connectivity index (χ0n) is 11.9. The van der Waals surface area contributed by atoms with Gasteiger partial charge in [0.2, 0.25) is 0 Å². The summed E-state index contributed by atoms with van der Waals surface area (Å²) in [7, 11) is 1.63. The number of methoxy groups -OCH3 is 1. The molecule has 0 bridgehead atoms. The third kappa shape index (κ3) is 2.74. The number of nitrogens with zero attached hydrogens (tertiary/aromatic N) is 1. The number of ether oxygens (including phenoxy) is 1. The van der Waals surface area contributed by atoms with Crippen molar-refractivity contribution in [3.8, 4) is 5.75 Å². The maximum absolute atomic E-state index is 6.19. The van der Waals surface area contributed by atoms with Crippen LogP contribution in [0.5, 0.6) is 5.75 Å². The number of halogens is 2. The number of benzene rings is 2. The molecule has 0 unspecified atom stereocenters. The van der Waals surface area contributed by atoms with Gasteiger partial charge in [0.05, 0.1) is 17.6 Å². The molecule has 0 saturated carbocycles. The van der Waals surface area contributed by atoms with Gasteiger partial charge in [0.25, 0.3) is 0 Å². The van der Waals surface area contributed by atoms with E-state index in [2.05, 4.69) is 17.6 Å². The van der Waals surface area contributed by atoms with Crippen molar-refractivity contribution in [1.82, 2.24) is 4.57 Å². The molecule has 0 aliphatic heterocycles. The monoisotopic (exact) mass is 319 g/mol. The van der Waals surface area contributed by atoms with Crippen LogP contribution in [0.15, 0.2) is 42.5 Å². The first kappa shape index (κ1) is 14.3. The summed E-state index contributed by atoms with van der Waals surface area (Å²) in [6, 6.07) is 14.0. The van der Waals surface area contributed by atoms with E-state index < -0.39 is 0 Å². The van der Waals surface area contributed by atoms with Gasteiger partial charge in [-0.3, -0.25) is 0 Å². The number of hydrogen-bond acceptors (Lipinski definition) is 1. The minimum Gasteiger partial charge on any atom is -0.495 e. The first-order chi connectivity index (χ1) is 10.1. The fourth-order valence-corrected chi connectivity index (χ4v) is 2.91. The molecule has 0 amide bonds. The first-order valence-electron chi connectivity index (χ1n) is 6.66. The van der Waals surface area contributed by atoms with Crippen LogP contribution in [0, 0.1) is 6.92 Å². The predicted molar refractivity (Wildman–Crippen MR) is 88.8 cm³/mol. The highest BCUT2D eigenvalue weighted by atomic mass is 35.5. The van der Waals surface area contributed by atoms with Crippen molar-refractivity contribution in [1.29, 1.82) is 0 Å². The van der Waals surface area contributed by atoms with Crippen LogP contribution in [0.4, 0.5) is 0 Å². The third-order valence-corrected chi connectivity index (χ3v) is 4.18. The molecule has 3 aromatic rings. The molecule has 21 heavy (non-hydrogen) atoms. The smallest absolute Gasteiger partial charge is 0.139 e. The summed E-state index contributed by atoms with van der Waals surface area (Å²) < 4.78 is 7.57. The minimum absolute atomic E-state index is 0.633. The second-order valence-electron chi connectivity index (χ2n) is 5.04. The third-order valence-electron chi connectivity index (χ3n) is 3.64. The van der Waals surface area contributed by atoms with Gasteiger partial charge in [-0.2, -0.15) is 0 Å².